The summed E-state index contributed by atoms with van der Waals surface area (Å²) in [5.74, 6) is -1.39. The number of halogens is 1. The van der Waals surface area contributed by atoms with Crippen LogP contribution in [0.3, 0.4) is 0 Å². The Labute approximate surface area is 110 Å². The Hall–Kier alpha value is -2.54. The van der Waals surface area contributed by atoms with Crippen LogP contribution < -0.4 is 0 Å². The van der Waals surface area contributed by atoms with E-state index < -0.39 is 17.5 Å². The minimum atomic E-state index is -0.695. The smallest absolute Gasteiger partial charge is 0.165 e. The van der Waals surface area contributed by atoms with Gasteiger partial charge in [0.2, 0.25) is 0 Å². The molecule has 0 saturated heterocycles. The SMILES string of the molecule is N#CC(Cc1ccc(O)c(F)c1)c1ccc(O)cc1. The van der Waals surface area contributed by atoms with Crippen molar-refractivity contribution in [2.45, 2.75) is 12.3 Å². The van der Waals surface area contributed by atoms with Gasteiger partial charge in [-0.15, -0.1) is 0 Å². The van der Waals surface area contributed by atoms with Crippen LogP contribution in [0.1, 0.15) is 17.0 Å². The molecule has 2 rings (SSSR count). The lowest BCUT2D eigenvalue weighted by molar-refractivity contribution is 0.431. The maximum absolute atomic E-state index is 13.2. The molecule has 0 aliphatic carbocycles. The summed E-state index contributed by atoms with van der Waals surface area (Å²) in [5.41, 5.74) is 1.39. The predicted octanol–water partition coefficient (Wildman–Crippen LogP) is 3.09. The molecule has 2 aromatic rings. The first-order chi connectivity index (χ1) is 9.10. The number of nitriles is 1. The third-order valence-electron chi connectivity index (χ3n) is 2.90. The van der Waals surface area contributed by atoms with E-state index in [2.05, 4.69) is 6.07 Å². The second-order valence-corrected chi connectivity index (χ2v) is 4.26. The van der Waals surface area contributed by atoms with Gasteiger partial charge >= 0.3 is 0 Å². The number of rotatable bonds is 3. The average molecular weight is 257 g/mol. The van der Waals surface area contributed by atoms with Gasteiger partial charge in [-0.2, -0.15) is 5.26 Å². The molecule has 0 aromatic heterocycles. The van der Waals surface area contributed by atoms with Crippen LogP contribution in [0.5, 0.6) is 11.5 Å². The van der Waals surface area contributed by atoms with Gasteiger partial charge < -0.3 is 10.2 Å². The molecule has 0 radical (unpaired) electrons. The quantitative estimate of drug-likeness (QED) is 0.888. The molecule has 0 spiro atoms. The van der Waals surface area contributed by atoms with Crippen LogP contribution in [0.2, 0.25) is 0 Å². The zero-order chi connectivity index (χ0) is 13.8. The zero-order valence-corrected chi connectivity index (χ0v) is 10.0. The maximum atomic E-state index is 13.2. The normalized spacial score (nSPS) is 11.8. The van der Waals surface area contributed by atoms with E-state index in [1.165, 1.54) is 24.3 Å². The third kappa shape index (κ3) is 3.02. The van der Waals surface area contributed by atoms with Crippen molar-refractivity contribution >= 4 is 0 Å². The molecule has 1 unspecified atom stereocenters. The fourth-order valence-electron chi connectivity index (χ4n) is 1.86. The fraction of sp³-hybridized carbons (Fsp3) is 0.133. The number of phenolic OH excluding ortho intramolecular Hbond substituents is 2. The van der Waals surface area contributed by atoms with Gasteiger partial charge in [0.15, 0.2) is 11.6 Å². The predicted molar refractivity (Wildman–Crippen MR) is 68.2 cm³/mol. The number of phenols is 2. The van der Waals surface area contributed by atoms with Crippen molar-refractivity contribution < 1.29 is 14.6 Å². The van der Waals surface area contributed by atoms with E-state index in [0.717, 1.165) is 5.56 Å². The van der Waals surface area contributed by atoms with Gasteiger partial charge in [0.25, 0.3) is 0 Å². The average Bonchev–Trinajstić information content (AvgIpc) is 2.41. The van der Waals surface area contributed by atoms with E-state index in [9.17, 15) is 14.8 Å². The summed E-state index contributed by atoms with van der Waals surface area (Å²) in [6.45, 7) is 0. The summed E-state index contributed by atoms with van der Waals surface area (Å²) < 4.78 is 13.2. The Balaban J connectivity index is 2.22. The van der Waals surface area contributed by atoms with Crippen molar-refractivity contribution in [1.82, 2.24) is 0 Å². The van der Waals surface area contributed by atoms with Crippen LogP contribution in [0.15, 0.2) is 42.5 Å². The van der Waals surface area contributed by atoms with E-state index >= 15 is 0 Å². The molecule has 3 nitrogen and oxygen atoms in total. The van der Waals surface area contributed by atoms with E-state index in [0.29, 0.717) is 12.0 Å². The summed E-state index contributed by atoms with van der Waals surface area (Å²) in [4.78, 5) is 0. The van der Waals surface area contributed by atoms with Gasteiger partial charge in [0.05, 0.1) is 12.0 Å². The number of hydrogen-bond donors (Lipinski definition) is 2. The second-order valence-electron chi connectivity index (χ2n) is 4.26. The summed E-state index contributed by atoms with van der Waals surface area (Å²) in [6, 6.07) is 12.6. The molecule has 2 N–H and O–H groups in total. The first-order valence-electron chi connectivity index (χ1n) is 5.76. The molecule has 2 aromatic carbocycles. The van der Waals surface area contributed by atoms with Crippen LogP contribution in [-0.2, 0) is 6.42 Å². The van der Waals surface area contributed by atoms with Crippen molar-refractivity contribution in [3.8, 4) is 17.6 Å². The minimum absolute atomic E-state index is 0.135. The topological polar surface area (TPSA) is 64.2 Å². The highest BCUT2D eigenvalue weighted by Crippen LogP contribution is 2.24. The third-order valence-corrected chi connectivity index (χ3v) is 2.90. The largest absolute Gasteiger partial charge is 0.508 e. The summed E-state index contributed by atoms with van der Waals surface area (Å²) in [6.07, 6.45) is 0.346. The van der Waals surface area contributed by atoms with Crippen molar-refractivity contribution in [3.05, 3.63) is 59.4 Å². The Kier molecular flexibility index (Phi) is 3.67. The van der Waals surface area contributed by atoms with Gasteiger partial charge in [-0.25, -0.2) is 4.39 Å². The highest BCUT2D eigenvalue weighted by atomic mass is 19.1. The molecule has 1 atom stereocenters. The lowest BCUT2D eigenvalue weighted by Crippen LogP contribution is -2.00. The standard InChI is InChI=1S/C15H12FNO2/c16-14-8-10(1-6-15(14)19)7-12(9-17)11-2-4-13(18)5-3-11/h1-6,8,12,18-19H,7H2. The molecule has 0 bridgehead atoms. The van der Waals surface area contributed by atoms with E-state index in [1.807, 2.05) is 0 Å². The Morgan fingerprint density at radius 3 is 2.37 bits per heavy atom. The monoisotopic (exact) mass is 257 g/mol. The zero-order valence-electron chi connectivity index (χ0n) is 10.0. The molecule has 0 aliphatic rings. The Morgan fingerprint density at radius 1 is 1.11 bits per heavy atom. The molecule has 96 valence electrons. The second kappa shape index (κ2) is 5.40. The van der Waals surface area contributed by atoms with E-state index in [4.69, 9.17) is 5.11 Å². The van der Waals surface area contributed by atoms with Gasteiger partial charge in [-0.3, -0.25) is 0 Å². The van der Waals surface area contributed by atoms with Gasteiger partial charge in [-0.05, 0) is 41.8 Å². The van der Waals surface area contributed by atoms with Crippen molar-refractivity contribution in [1.29, 1.82) is 5.26 Å². The van der Waals surface area contributed by atoms with Crippen LogP contribution >= 0.6 is 0 Å². The van der Waals surface area contributed by atoms with Crippen LogP contribution in [0, 0.1) is 17.1 Å². The first-order valence-corrected chi connectivity index (χ1v) is 5.76. The number of benzene rings is 2. The highest BCUT2D eigenvalue weighted by Gasteiger charge is 2.12. The maximum Gasteiger partial charge on any atom is 0.165 e. The molecule has 0 fully saturated rings. The molecule has 19 heavy (non-hydrogen) atoms. The van der Waals surface area contributed by atoms with Crippen molar-refractivity contribution in [3.63, 3.8) is 0 Å². The molecule has 4 heteroatoms. The fourth-order valence-corrected chi connectivity index (χ4v) is 1.86. The molecule has 0 aliphatic heterocycles. The molecular weight excluding hydrogens is 245 g/mol. The van der Waals surface area contributed by atoms with Crippen molar-refractivity contribution in [2.75, 3.05) is 0 Å². The van der Waals surface area contributed by atoms with Crippen LogP contribution in [-0.4, -0.2) is 10.2 Å². The lowest BCUT2D eigenvalue weighted by atomic mass is 9.93. The van der Waals surface area contributed by atoms with Crippen molar-refractivity contribution in [2.24, 2.45) is 0 Å². The molecular formula is C15H12FNO2. The summed E-state index contributed by atoms with van der Waals surface area (Å²) in [5, 5.41) is 27.5. The Bertz CT molecular complexity index is 617. The van der Waals surface area contributed by atoms with Crippen LogP contribution in [0.25, 0.3) is 0 Å². The van der Waals surface area contributed by atoms with Gasteiger partial charge in [-0.1, -0.05) is 18.2 Å². The Morgan fingerprint density at radius 2 is 1.79 bits per heavy atom. The summed E-state index contributed by atoms with van der Waals surface area (Å²) >= 11 is 0. The molecule has 0 amide bonds. The highest BCUT2D eigenvalue weighted by molar-refractivity contribution is 5.34. The number of aromatic hydroxyl groups is 2. The van der Waals surface area contributed by atoms with E-state index in [1.54, 1.807) is 18.2 Å². The van der Waals surface area contributed by atoms with Gasteiger partial charge in [0.1, 0.15) is 5.75 Å². The summed E-state index contributed by atoms with van der Waals surface area (Å²) in [7, 11) is 0. The molecule has 0 saturated carbocycles. The number of hydrogen-bond acceptors (Lipinski definition) is 3. The van der Waals surface area contributed by atoms with Crippen LogP contribution in [0.4, 0.5) is 4.39 Å². The van der Waals surface area contributed by atoms with Gasteiger partial charge in [0, 0.05) is 0 Å². The lowest BCUT2D eigenvalue weighted by Gasteiger charge is -2.10. The number of nitrogens with zero attached hydrogens (tertiary/aromatic N) is 1. The minimum Gasteiger partial charge on any atom is -0.508 e. The van der Waals surface area contributed by atoms with E-state index in [-0.39, 0.29) is 5.75 Å². The first kappa shape index (κ1) is 12.9. The molecule has 0 heterocycles.